The molecule has 0 aromatic heterocycles. The van der Waals surface area contributed by atoms with Crippen molar-refractivity contribution in [1.82, 2.24) is 0 Å². The molecule has 1 aliphatic rings. The maximum absolute atomic E-state index is 13.9. The third kappa shape index (κ3) is 1.77. The van der Waals surface area contributed by atoms with Gasteiger partial charge in [0.25, 0.3) is 0 Å². The number of hydrogen-bond acceptors (Lipinski definition) is 1. The highest BCUT2D eigenvalue weighted by atomic mass is 35.5. The molecule has 3 heteroatoms. The molecule has 0 spiro atoms. The molecular formula is C12H15ClFN. The average molecular weight is 228 g/mol. The lowest BCUT2D eigenvalue weighted by Gasteiger charge is -2.27. The zero-order valence-electron chi connectivity index (χ0n) is 8.82. The van der Waals surface area contributed by atoms with Crippen molar-refractivity contribution in [2.24, 2.45) is 5.73 Å². The highest BCUT2D eigenvalue weighted by Gasteiger charge is 2.35. The van der Waals surface area contributed by atoms with E-state index in [9.17, 15) is 4.39 Å². The van der Waals surface area contributed by atoms with Crippen LogP contribution in [0.4, 0.5) is 4.39 Å². The van der Waals surface area contributed by atoms with Gasteiger partial charge in [-0.1, -0.05) is 30.5 Å². The summed E-state index contributed by atoms with van der Waals surface area (Å²) in [6.45, 7) is 1.89. The molecule has 2 N–H and O–H groups in total. The van der Waals surface area contributed by atoms with E-state index in [2.05, 4.69) is 0 Å². The van der Waals surface area contributed by atoms with Crippen LogP contribution < -0.4 is 5.73 Å². The van der Waals surface area contributed by atoms with Gasteiger partial charge in [0, 0.05) is 11.1 Å². The van der Waals surface area contributed by atoms with Crippen LogP contribution >= 0.6 is 11.6 Å². The first-order valence-electron chi connectivity index (χ1n) is 5.28. The highest BCUT2D eigenvalue weighted by molar-refractivity contribution is 6.30. The maximum atomic E-state index is 13.9. The standard InChI is InChI=1S/C12H15ClFN/c1-8-4-5-9(13)11(14)10(8)12(15)6-2-3-7-12/h4-5H,2-3,6-7,15H2,1H3. The Morgan fingerprint density at radius 3 is 2.53 bits per heavy atom. The summed E-state index contributed by atoms with van der Waals surface area (Å²) in [7, 11) is 0. The minimum atomic E-state index is -0.501. The Bertz CT molecular complexity index is 383. The SMILES string of the molecule is Cc1ccc(Cl)c(F)c1C1(N)CCCC1. The van der Waals surface area contributed by atoms with E-state index in [1.165, 1.54) is 0 Å². The van der Waals surface area contributed by atoms with Crippen LogP contribution in [0.1, 0.15) is 36.8 Å². The summed E-state index contributed by atoms with van der Waals surface area (Å²) < 4.78 is 13.9. The summed E-state index contributed by atoms with van der Waals surface area (Å²) in [5.41, 5.74) is 7.27. The lowest BCUT2D eigenvalue weighted by Crippen LogP contribution is -2.35. The molecule has 1 nitrogen and oxygen atoms in total. The fourth-order valence-corrected chi connectivity index (χ4v) is 2.67. The van der Waals surface area contributed by atoms with E-state index in [0.717, 1.165) is 31.2 Å². The second-order valence-corrected chi connectivity index (χ2v) is 4.82. The predicted molar refractivity (Wildman–Crippen MR) is 60.5 cm³/mol. The van der Waals surface area contributed by atoms with Crippen molar-refractivity contribution in [1.29, 1.82) is 0 Å². The minimum absolute atomic E-state index is 0.173. The van der Waals surface area contributed by atoms with Gasteiger partial charge in [0.1, 0.15) is 5.82 Å². The molecule has 1 saturated carbocycles. The molecule has 2 rings (SSSR count). The van der Waals surface area contributed by atoms with Gasteiger partial charge in [0.2, 0.25) is 0 Å². The monoisotopic (exact) mass is 227 g/mol. The summed E-state index contributed by atoms with van der Waals surface area (Å²) in [6, 6.07) is 3.43. The van der Waals surface area contributed by atoms with Crippen molar-refractivity contribution in [2.75, 3.05) is 0 Å². The molecule has 1 fully saturated rings. The molecule has 1 aromatic rings. The van der Waals surface area contributed by atoms with Gasteiger partial charge in [-0.05, 0) is 31.4 Å². The molecule has 0 unspecified atom stereocenters. The van der Waals surface area contributed by atoms with Crippen LogP contribution in [0.2, 0.25) is 5.02 Å². The molecule has 1 aliphatic carbocycles. The van der Waals surface area contributed by atoms with Crippen molar-refractivity contribution >= 4 is 11.6 Å². The van der Waals surface area contributed by atoms with Gasteiger partial charge in [0.05, 0.1) is 5.02 Å². The Labute approximate surface area is 94.4 Å². The van der Waals surface area contributed by atoms with Crippen LogP contribution in [0.5, 0.6) is 0 Å². The van der Waals surface area contributed by atoms with E-state index in [4.69, 9.17) is 17.3 Å². The second kappa shape index (κ2) is 3.76. The molecule has 82 valence electrons. The molecule has 0 saturated heterocycles. The lowest BCUT2D eigenvalue weighted by molar-refractivity contribution is 0.430. The van der Waals surface area contributed by atoms with Crippen molar-refractivity contribution < 1.29 is 4.39 Å². The van der Waals surface area contributed by atoms with Gasteiger partial charge in [-0.3, -0.25) is 0 Å². The zero-order chi connectivity index (χ0) is 11.1. The fraction of sp³-hybridized carbons (Fsp3) is 0.500. The number of aryl methyl sites for hydroxylation is 1. The Morgan fingerprint density at radius 1 is 1.33 bits per heavy atom. The predicted octanol–water partition coefficient (Wildman–Crippen LogP) is 3.52. The molecule has 0 aliphatic heterocycles. The van der Waals surface area contributed by atoms with E-state index in [-0.39, 0.29) is 10.8 Å². The first-order chi connectivity index (χ1) is 7.04. The minimum Gasteiger partial charge on any atom is -0.321 e. The van der Waals surface area contributed by atoms with Gasteiger partial charge < -0.3 is 5.73 Å². The third-order valence-corrected chi connectivity index (χ3v) is 3.59. The zero-order valence-corrected chi connectivity index (χ0v) is 9.57. The number of nitrogens with two attached hydrogens (primary N) is 1. The molecule has 1 aromatic carbocycles. The first-order valence-corrected chi connectivity index (χ1v) is 5.66. The molecule has 0 amide bonds. The summed E-state index contributed by atoms with van der Waals surface area (Å²) in [6.07, 6.45) is 3.85. The van der Waals surface area contributed by atoms with Crippen molar-refractivity contribution in [2.45, 2.75) is 38.1 Å². The Balaban J connectivity index is 2.55. The van der Waals surface area contributed by atoms with Crippen molar-refractivity contribution in [3.05, 3.63) is 34.1 Å². The van der Waals surface area contributed by atoms with Crippen molar-refractivity contribution in [3.63, 3.8) is 0 Å². The molecule has 0 atom stereocenters. The summed E-state index contributed by atoms with van der Waals surface area (Å²) >= 11 is 5.80. The van der Waals surface area contributed by atoms with Gasteiger partial charge in [-0.2, -0.15) is 0 Å². The summed E-state index contributed by atoms with van der Waals surface area (Å²) in [4.78, 5) is 0. The van der Waals surface area contributed by atoms with Gasteiger partial charge in [0.15, 0.2) is 0 Å². The van der Waals surface area contributed by atoms with Crippen molar-refractivity contribution in [3.8, 4) is 0 Å². The van der Waals surface area contributed by atoms with E-state index in [1.807, 2.05) is 13.0 Å². The number of hydrogen-bond donors (Lipinski definition) is 1. The van der Waals surface area contributed by atoms with Crippen LogP contribution in [0.15, 0.2) is 12.1 Å². The van der Waals surface area contributed by atoms with Crippen LogP contribution in [-0.4, -0.2) is 0 Å². The molecular weight excluding hydrogens is 213 g/mol. The number of halogens is 2. The van der Waals surface area contributed by atoms with E-state index in [1.54, 1.807) is 6.07 Å². The quantitative estimate of drug-likeness (QED) is 0.781. The average Bonchev–Trinajstić information content (AvgIpc) is 2.60. The molecule has 0 radical (unpaired) electrons. The Morgan fingerprint density at radius 2 is 1.93 bits per heavy atom. The van der Waals surface area contributed by atoms with Crippen LogP contribution in [-0.2, 0) is 5.54 Å². The molecule has 0 bridgehead atoms. The summed E-state index contributed by atoms with van der Waals surface area (Å²) in [5, 5.41) is 0.173. The Kier molecular flexibility index (Phi) is 2.73. The topological polar surface area (TPSA) is 26.0 Å². The number of rotatable bonds is 1. The van der Waals surface area contributed by atoms with Crippen LogP contribution in [0.3, 0.4) is 0 Å². The van der Waals surface area contributed by atoms with E-state index < -0.39 is 5.54 Å². The highest BCUT2D eigenvalue weighted by Crippen LogP contribution is 2.40. The molecule has 0 heterocycles. The largest absolute Gasteiger partial charge is 0.321 e. The lowest BCUT2D eigenvalue weighted by atomic mass is 9.86. The first kappa shape index (κ1) is 10.9. The fourth-order valence-electron chi connectivity index (χ4n) is 2.51. The Hall–Kier alpha value is -0.600. The van der Waals surface area contributed by atoms with Gasteiger partial charge >= 0.3 is 0 Å². The third-order valence-electron chi connectivity index (χ3n) is 3.30. The number of benzene rings is 1. The smallest absolute Gasteiger partial charge is 0.147 e. The summed E-state index contributed by atoms with van der Waals surface area (Å²) in [5.74, 6) is -0.332. The second-order valence-electron chi connectivity index (χ2n) is 4.42. The van der Waals surface area contributed by atoms with E-state index in [0.29, 0.717) is 5.56 Å². The van der Waals surface area contributed by atoms with Gasteiger partial charge in [-0.15, -0.1) is 0 Å². The van der Waals surface area contributed by atoms with E-state index >= 15 is 0 Å². The maximum Gasteiger partial charge on any atom is 0.147 e. The van der Waals surface area contributed by atoms with Crippen LogP contribution in [0, 0.1) is 12.7 Å². The van der Waals surface area contributed by atoms with Gasteiger partial charge in [-0.25, -0.2) is 4.39 Å². The normalized spacial score (nSPS) is 19.5. The van der Waals surface area contributed by atoms with Crippen LogP contribution in [0.25, 0.3) is 0 Å². The molecule has 15 heavy (non-hydrogen) atoms.